The van der Waals surface area contributed by atoms with Gasteiger partial charge in [-0.3, -0.25) is 4.99 Å². The lowest BCUT2D eigenvalue weighted by atomic mass is 10.1. The lowest BCUT2D eigenvalue weighted by Crippen LogP contribution is -2.08. The molecule has 0 aromatic heterocycles. The second-order valence-corrected chi connectivity index (χ2v) is 3.41. The molecular weight excluding hydrogens is 142 g/mol. The Morgan fingerprint density at radius 3 is 2.90 bits per heavy atom. The Morgan fingerprint density at radius 1 is 1.70 bits per heavy atom. The summed E-state index contributed by atoms with van der Waals surface area (Å²) in [5.74, 6) is 0. The molecule has 0 amide bonds. The van der Waals surface area contributed by atoms with Gasteiger partial charge in [0, 0.05) is 0 Å². The van der Waals surface area contributed by atoms with Crippen LogP contribution in [-0.2, 0) is 0 Å². The average molecular weight is 155 g/mol. The SMILES string of the molecule is CSC1=NC(C)CC=C1C. The van der Waals surface area contributed by atoms with Gasteiger partial charge in [0.15, 0.2) is 0 Å². The standard InChI is InChI=1S/C8H13NS/c1-6-4-5-7(2)9-8(6)10-3/h4,7H,5H2,1-3H3. The molecule has 0 saturated heterocycles. The average Bonchev–Trinajstić information content (AvgIpc) is 1.94. The zero-order valence-electron chi connectivity index (χ0n) is 6.72. The van der Waals surface area contributed by atoms with E-state index in [0.717, 1.165) is 6.42 Å². The van der Waals surface area contributed by atoms with E-state index in [9.17, 15) is 0 Å². The highest BCUT2D eigenvalue weighted by molar-refractivity contribution is 8.13. The van der Waals surface area contributed by atoms with Gasteiger partial charge in [-0.2, -0.15) is 0 Å². The van der Waals surface area contributed by atoms with Crippen molar-refractivity contribution in [2.45, 2.75) is 26.3 Å². The Hall–Kier alpha value is -0.240. The van der Waals surface area contributed by atoms with Gasteiger partial charge in [-0.1, -0.05) is 6.08 Å². The third-order valence-corrected chi connectivity index (χ3v) is 2.45. The third-order valence-electron chi connectivity index (χ3n) is 1.63. The summed E-state index contributed by atoms with van der Waals surface area (Å²) in [6, 6.07) is 0.492. The lowest BCUT2D eigenvalue weighted by molar-refractivity contribution is 0.750. The van der Waals surface area contributed by atoms with E-state index in [-0.39, 0.29) is 0 Å². The van der Waals surface area contributed by atoms with Crippen molar-refractivity contribution >= 4 is 16.8 Å². The maximum atomic E-state index is 4.49. The van der Waals surface area contributed by atoms with Crippen molar-refractivity contribution in [1.29, 1.82) is 0 Å². The molecule has 0 spiro atoms. The first-order valence-electron chi connectivity index (χ1n) is 3.53. The molecule has 0 bridgehead atoms. The van der Waals surface area contributed by atoms with Gasteiger partial charge in [0.05, 0.1) is 11.1 Å². The summed E-state index contributed by atoms with van der Waals surface area (Å²) in [6.45, 7) is 4.28. The van der Waals surface area contributed by atoms with E-state index in [4.69, 9.17) is 0 Å². The second kappa shape index (κ2) is 3.24. The molecule has 1 unspecified atom stereocenters. The Morgan fingerprint density at radius 2 is 2.40 bits per heavy atom. The van der Waals surface area contributed by atoms with Crippen LogP contribution in [0, 0.1) is 0 Å². The fraction of sp³-hybridized carbons (Fsp3) is 0.625. The van der Waals surface area contributed by atoms with Crippen LogP contribution in [0.5, 0.6) is 0 Å². The van der Waals surface area contributed by atoms with Crippen LogP contribution < -0.4 is 0 Å². The lowest BCUT2D eigenvalue weighted by Gasteiger charge is -2.13. The van der Waals surface area contributed by atoms with E-state index in [1.54, 1.807) is 11.8 Å². The van der Waals surface area contributed by atoms with Crippen molar-refractivity contribution < 1.29 is 0 Å². The van der Waals surface area contributed by atoms with Crippen LogP contribution >= 0.6 is 11.8 Å². The number of hydrogen-bond donors (Lipinski definition) is 0. The van der Waals surface area contributed by atoms with E-state index < -0.39 is 0 Å². The van der Waals surface area contributed by atoms with Gasteiger partial charge >= 0.3 is 0 Å². The molecule has 0 aromatic rings. The normalized spacial score (nSPS) is 25.7. The Kier molecular flexibility index (Phi) is 2.55. The van der Waals surface area contributed by atoms with Crippen molar-refractivity contribution in [2.75, 3.05) is 6.26 Å². The Balaban J connectivity index is 2.74. The maximum absolute atomic E-state index is 4.49. The highest BCUT2D eigenvalue weighted by atomic mass is 32.2. The molecule has 1 heterocycles. The summed E-state index contributed by atoms with van der Waals surface area (Å²) in [6.07, 6.45) is 5.45. The maximum Gasteiger partial charge on any atom is 0.0931 e. The van der Waals surface area contributed by atoms with Crippen LogP contribution in [0.1, 0.15) is 20.3 Å². The summed E-state index contributed by atoms with van der Waals surface area (Å²) in [4.78, 5) is 4.49. The number of rotatable bonds is 0. The van der Waals surface area contributed by atoms with Gasteiger partial charge in [0.25, 0.3) is 0 Å². The van der Waals surface area contributed by atoms with E-state index in [1.807, 2.05) is 0 Å². The van der Waals surface area contributed by atoms with Crippen LogP contribution in [0.15, 0.2) is 16.6 Å². The molecule has 2 heteroatoms. The van der Waals surface area contributed by atoms with Gasteiger partial charge in [0.2, 0.25) is 0 Å². The number of thioether (sulfide) groups is 1. The van der Waals surface area contributed by atoms with Gasteiger partial charge in [0.1, 0.15) is 0 Å². The minimum atomic E-state index is 0.492. The number of dihydropyridines is 1. The van der Waals surface area contributed by atoms with E-state index in [2.05, 4.69) is 31.2 Å². The van der Waals surface area contributed by atoms with E-state index >= 15 is 0 Å². The monoisotopic (exact) mass is 155 g/mol. The number of aliphatic imine (C=N–C) groups is 1. The van der Waals surface area contributed by atoms with E-state index in [1.165, 1.54) is 10.6 Å². The molecule has 56 valence electrons. The quantitative estimate of drug-likeness (QED) is 0.523. The van der Waals surface area contributed by atoms with Crippen molar-refractivity contribution in [3.8, 4) is 0 Å². The predicted molar refractivity (Wildman–Crippen MR) is 48.8 cm³/mol. The fourth-order valence-corrected chi connectivity index (χ4v) is 1.69. The van der Waals surface area contributed by atoms with Crippen LogP contribution in [0.25, 0.3) is 0 Å². The molecule has 0 fully saturated rings. The second-order valence-electron chi connectivity index (χ2n) is 2.61. The molecule has 1 rings (SSSR count). The zero-order valence-corrected chi connectivity index (χ0v) is 7.53. The molecule has 0 radical (unpaired) electrons. The van der Waals surface area contributed by atoms with Gasteiger partial charge in [-0.15, -0.1) is 11.8 Å². The molecule has 1 aliphatic rings. The Labute approximate surface area is 66.6 Å². The molecule has 10 heavy (non-hydrogen) atoms. The smallest absolute Gasteiger partial charge is 0.0931 e. The molecule has 0 saturated carbocycles. The van der Waals surface area contributed by atoms with Gasteiger partial charge in [-0.05, 0) is 32.1 Å². The minimum Gasteiger partial charge on any atom is -0.275 e. The van der Waals surface area contributed by atoms with Crippen LogP contribution in [-0.4, -0.2) is 17.3 Å². The highest BCUT2D eigenvalue weighted by Gasteiger charge is 2.08. The van der Waals surface area contributed by atoms with Gasteiger partial charge < -0.3 is 0 Å². The third kappa shape index (κ3) is 1.63. The highest BCUT2D eigenvalue weighted by Crippen LogP contribution is 2.17. The predicted octanol–water partition coefficient (Wildman–Crippen LogP) is 2.49. The summed E-state index contributed by atoms with van der Waals surface area (Å²) in [5.41, 5.74) is 1.34. The van der Waals surface area contributed by atoms with Crippen LogP contribution in [0.4, 0.5) is 0 Å². The first kappa shape index (κ1) is 7.86. The van der Waals surface area contributed by atoms with Crippen molar-refractivity contribution in [1.82, 2.24) is 0 Å². The summed E-state index contributed by atoms with van der Waals surface area (Å²) < 4.78 is 0. The zero-order chi connectivity index (χ0) is 7.56. The number of hydrogen-bond acceptors (Lipinski definition) is 2. The fourth-order valence-electron chi connectivity index (χ4n) is 1.00. The molecular formula is C8H13NS. The van der Waals surface area contributed by atoms with Crippen molar-refractivity contribution in [2.24, 2.45) is 4.99 Å². The van der Waals surface area contributed by atoms with Crippen LogP contribution in [0.3, 0.4) is 0 Å². The molecule has 0 N–H and O–H groups in total. The topological polar surface area (TPSA) is 12.4 Å². The largest absolute Gasteiger partial charge is 0.275 e. The summed E-state index contributed by atoms with van der Waals surface area (Å²) in [5, 5.41) is 1.21. The first-order valence-corrected chi connectivity index (χ1v) is 4.75. The van der Waals surface area contributed by atoms with Crippen LogP contribution in [0.2, 0.25) is 0 Å². The molecule has 1 aliphatic heterocycles. The molecule has 1 nitrogen and oxygen atoms in total. The van der Waals surface area contributed by atoms with Crippen molar-refractivity contribution in [3.05, 3.63) is 11.6 Å². The molecule has 0 aromatic carbocycles. The molecule has 0 aliphatic carbocycles. The van der Waals surface area contributed by atoms with Crippen molar-refractivity contribution in [3.63, 3.8) is 0 Å². The first-order chi connectivity index (χ1) is 4.74. The summed E-state index contributed by atoms with van der Waals surface area (Å²) >= 11 is 1.74. The number of nitrogens with zero attached hydrogens (tertiary/aromatic N) is 1. The molecule has 1 atom stereocenters. The summed E-state index contributed by atoms with van der Waals surface area (Å²) in [7, 11) is 0. The Bertz CT molecular complexity index is 182. The van der Waals surface area contributed by atoms with Gasteiger partial charge in [-0.25, -0.2) is 0 Å². The van der Waals surface area contributed by atoms with E-state index in [0.29, 0.717) is 6.04 Å². The minimum absolute atomic E-state index is 0.492.